The Morgan fingerprint density at radius 1 is 1.00 bits per heavy atom. The third kappa shape index (κ3) is 3.73. The van der Waals surface area contributed by atoms with Gasteiger partial charge in [0.25, 0.3) is 5.91 Å². The van der Waals surface area contributed by atoms with Gasteiger partial charge in [-0.25, -0.2) is 0 Å². The van der Waals surface area contributed by atoms with Crippen LogP contribution in [0.25, 0.3) is 11.1 Å². The lowest BCUT2D eigenvalue weighted by atomic mass is 10.0. The largest absolute Gasteiger partial charge is 0.464 e. The summed E-state index contributed by atoms with van der Waals surface area (Å²) in [5.41, 5.74) is 2.71. The molecule has 0 aliphatic heterocycles. The van der Waals surface area contributed by atoms with E-state index in [9.17, 15) is 9.90 Å². The Bertz CT molecular complexity index is 806. The van der Waals surface area contributed by atoms with E-state index in [1.165, 1.54) is 0 Å². The molecule has 24 heavy (non-hydrogen) atoms. The van der Waals surface area contributed by atoms with Crippen LogP contribution in [0.3, 0.4) is 0 Å². The van der Waals surface area contributed by atoms with Crippen LogP contribution >= 0.6 is 0 Å². The molecule has 1 amide bonds. The van der Waals surface area contributed by atoms with Gasteiger partial charge in [-0.15, -0.1) is 0 Å². The maximum Gasteiger partial charge on any atom is 0.251 e. The van der Waals surface area contributed by atoms with Crippen LogP contribution in [-0.4, -0.2) is 17.6 Å². The highest BCUT2D eigenvalue weighted by Gasteiger charge is 2.13. The fourth-order valence-electron chi connectivity index (χ4n) is 2.47. The van der Waals surface area contributed by atoms with Crippen LogP contribution in [-0.2, 0) is 0 Å². The van der Waals surface area contributed by atoms with Gasteiger partial charge in [0.2, 0.25) is 0 Å². The van der Waals surface area contributed by atoms with Gasteiger partial charge in [0.1, 0.15) is 17.6 Å². The van der Waals surface area contributed by atoms with Gasteiger partial charge in [-0.05, 0) is 42.3 Å². The monoisotopic (exact) mass is 321 g/mol. The standard InChI is InChI=1S/C20H19NO3/c1-14-7-12-19(24-14)18(22)13-21-20(23)17-10-8-16(9-11-17)15-5-3-2-4-6-15/h2-12,18,22H,13H2,1H3,(H,21,23). The molecule has 0 bridgehead atoms. The molecule has 2 N–H and O–H groups in total. The molecule has 3 rings (SSSR count). The molecule has 2 aromatic carbocycles. The molecule has 0 aliphatic carbocycles. The van der Waals surface area contributed by atoms with Crippen molar-refractivity contribution < 1.29 is 14.3 Å². The van der Waals surface area contributed by atoms with E-state index in [4.69, 9.17) is 4.42 Å². The predicted octanol–water partition coefficient (Wildman–Crippen LogP) is 3.72. The minimum Gasteiger partial charge on any atom is -0.464 e. The van der Waals surface area contributed by atoms with Crippen LogP contribution < -0.4 is 5.32 Å². The number of amides is 1. The minimum absolute atomic E-state index is 0.103. The van der Waals surface area contributed by atoms with Crippen molar-refractivity contribution in [3.05, 3.63) is 83.8 Å². The van der Waals surface area contributed by atoms with E-state index in [-0.39, 0.29) is 12.5 Å². The summed E-state index contributed by atoms with van der Waals surface area (Å²) in [6, 6.07) is 20.9. The smallest absolute Gasteiger partial charge is 0.251 e. The first kappa shape index (κ1) is 16.0. The molecule has 0 saturated heterocycles. The van der Waals surface area contributed by atoms with E-state index in [0.29, 0.717) is 11.3 Å². The van der Waals surface area contributed by atoms with Crippen LogP contribution in [0.15, 0.2) is 71.1 Å². The second kappa shape index (κ2) is 7.15. The maximum atomic E-state index is 12.2. The Hall–Kier alpha value is -2.85. The van der Waals surface area contributed by atoms with Gasteiger partial charge in [0.05, 0.1) is 6.54 Å². The first-order valence-corrected chi connectivity index (χ1v) is 7.81. The van der Waals surface area contributed by atoms with E-state index in [0.717, 1.165) is 16.9 Å². The summed E-state index contributed by atoms with van der Waals surface area (Å²) in [5, 5.41) is 12.7. The van der Waals surface area contributed by atoms with Crippen LogP contribution in [0, 0.1) is 6.92 Å². The van der Waals surface area contributed by atoms with Crippen molar-refractivity contribution in [2.24, 2.45) is 0 Å². The lowest BCUT2D eigenvalue weighted by Crippen LogP contribution is -2.28. The Labute approximate surface area is 140 Å². The topological polar surface area (TPSA) is 62.5 Å². The molecule has 0 spiro atoms. The number of aliphatic hydroxyl groups excluding tert-OH is 1. The molecular weight excluding hydrogens is 302 g/mol. The van der Waals surface area contributed by atoms with Gasteiger partial charge in [-0.1, -0.05) is 42.5 Å². The molecule has 1 unspecified atom stereocenters. The Morgan fingerprint density at radius 3 is 2.29 bits per heavy atom. The maximum absolute atomic E-state index is 12.2. The number of aliphatic hydroxyl groups is 1. The van der Waals surface area contributed by atoms with E-state index < -0.39 is 6.10 Å². The normalized spacial score (nSPS) is 11.9. The van der Waals surface area contributed by atoms with E-state index in [1.54, 1.807) is 24.3 Å². The van der Waals surface area contributed by atoms with Gasteiger partial charge in [-0.3, -0.25) is 4.79 Å². The molecule has 1 atom stereocenters. The molecule has 3 aromatic rings. The van der Waals surface area contributed by atoms with Crippen LogP contribution in [0.4, 0.5) is 0 Å². The minimum atomic E-state index is -0.855. The zero-order chi connectivity index (χ0) is 16.9. The number of nitrogens with one attached hydrogen (secondary N) is 1. The molecule has 4 heteroatoms. The molecule has 0 aliphatic rings. The van der Waals surface area contributed by atoms with Crippen molar-refractivity contribution in [2.45, 2.75) is 13.0 Å². The third-order valence-corrected chi connectivity index (χ3v) is 3.80. The zero-order valence-electron chi connectivity index (χ0n) is 13.4. The predicted molar refractivity (Wildman–Crippen MR) is 92.6 cm³/mol. The Kier molecular flexibility index (Phi) is 4.77. The number of furan rings is 1. The van der Waals surface area contributed by atoms with E-state index in [1.807, 2.05) is 49.4 Å². The van der Waals surface area contributed by atoms with Crippen LogP contribution in [0.2, 0.25) is 0 Å². The van der Waals surface area contributed by atoms with Gasteiger partial charge in [0, 0.05) is 5.56 Å². The number of benzene rings is 2. The number of hydrogen-bond donors (Lipinski definition) is 2. The highest BCUT2D eigenvalue weighted by molar-refractivity contribution is 5.94. The summed E-state index contributed by atoms with van der Waals surface area (Å²) < 4.78 is 5.35. The summed E-state index contributed by atoms with van der Waals surface area (Å²) in [6.45, 7) is 1.91. The fraction of sp³-hybridized carbons (Fsp3) is 0.150. The van der Waals surface area contributed by atoms with Gasteiger partial charge >= 0.3 is 0 Å². The summed E-state index contributed by atoms with van der Waals surface area (Å²) in [5.74, 6) is 0.955. The van der Waals surface area contributed by atoms with Crippen molar-refractivity contribution in [3.8, 4) is 11.1 Å². The quantitative estimate of drug-likeness (QED) is 0.753. The van der Waals surface area contributed by atoms with E-state index >= 15 is 0 Å². The fourth-order valence-corrected chi connectivity index (χ4v) is 2.47. The molecule has 1 heterocycles. The number of rotatable bonds is 5. The summed E-state index contributed by atoms with van der Waals surface area (Å²) in [4.78, 5) is 12.2. The van der Waals surface area contributed by atoms with Gasteiger partial charge in [0.15, 0.2) is 0 Å². The van der Waals surface area contributed by atoms with Gasteiger partial charge < -0.3 is 14.8 Å². The summed E-state index contributed by atoms with van der Waals surface area (Å²) in [6.07, 6.45) is -0.855. The Balaban J connectivity index is 1.61. The summed E-state index contributed by atoms with van der Waals surface area (Å²) >= 11 is 0. The summed E-state index contributed by atoms with van der Waals surface area (Å²) in [7, 11) is 0. The molecule has 0 saturated carbocycles. The van der Waals surface area contributed by atoms with Crippen molar-refractivity contribution in [1.82, 2.24) is 5.32 Å². The molecular formula is C20H19NO3. The zero-order valence-corrected chi connectivity index (χ0v) is 13.4. The number of aryl methyl sites for hydroxylation is 1. The highest BCUT2D eigenvalue weighted by Crippen LogP contribution is 2.19. The molecule has 0 radical (unpaired) electrons. The van der Waals surface area contributed by atoms with Crippen molar-refractivity contribution >= 4 is 5.91 Å². The third-order valence-electron chi connectivity index (χ3n) is 3.80. The van der Waals surface area contributed by atoms with Crippen molar-refractivity contribution in [2.75, 3.05) is 6.54 Å². The van der Waals surface area contributed by atoms with Crippen molar-refractivity contribution in [3.63, 3.8) is 0 Å². The second-order valence-corrected chi connectivity index (χ2v) is 5.62. The molecule has 1 aromatic heterocycles. The van der Waals surface area contributed by atoms with E-state index in [2.05, 4.69) is 5.32 Å². The van der Waals surface area contributed by atoms with Crippen LogP contribution in [0.1, 0.15) is 28.0 Å². The SMILES string of the molecule is Cc1ccc(C(O)CNC(=O)c2ccc(-c3ccccc3)cc2)o1. The Morgan fingerprint density at radius 2 is 1.67 bits per heavy atom. The first-order valence-electron chi connectivity index (χ1n) is 7.81. The average Bonchev–Trinajstić information content (AvgIpc) is 3.07. The lowest BCUT2D eigenvalue weighted by molar-refractivity contribution is 0.0900. The average molecular weight is 321 g/mol. The number of carbonyl (C=O) groups is 1. The van der Waals surface area contributed by atoms with Crippen LogP contribution in [0.5, 0.6) is 0 Å². The highest BCUT2D eigenvalue weighted by atomic mass is 16.4. The molecule has 0 fully saturated rings. The van der Waals surface area contributed by atoms with Crippen molar-refractivity contribution in [1.29, 1.82) is 0 Å². The van der Waals surface area contributed by atoms with Gasteiger partial charge in [-0.2, -0.15) is 0 Å². The first-order chi connectivity index (χ1) is 11.6. The molecule has 4 nitrogen and oxygen atoms in total. The lowest BCUT2D eigenvalue weighted by Gasteiger charge is -2.10. The second-order valence-electron chi connectivity index (χ2n) is 5.62. The number of carbonyl (C=O) groups excluding carboxylic acids is 1. The molecule has 122 valence electrons. The number of hydrogen-bond acceptors (Lipinski definition) is 3.